The number of ketones is 1. The molecule has 12 heavy (non-hydrogen) atoms. The minimum atomic E-state index is 0.190. The second-order valence-electron chi connectivity index (χ2n) is 5.09. The summed E-state index contributed by atoms with van der Waals surface area (Å²) in [5.74, 6) is 1.06. The summed E-state index contributed by atoms with van der Waals surface area (Å²) in [7, 11) is 0. The van der Waals surface area contributed by atoms with Crippen LogP contribution in [0.4, 0.5) is 0 Å². The normalized spacial score (nSPS) is 14.9. The summed E-state index contributed by atoms with van der Waals surface area (Å²) in [5, 5.41) is 0. The molecule has 0 saturated heterocycles. The van der Waals surface area contributed by atoms with Crippen molar-refractivity contribution in [2.45, 2.75) is 48.0 Å². The van der Waals surface area contributed by atoms with Gasteiger partial charge in [0.15, 0.2) is 0 Å². The summed E-state index contributed by atoms with van der Waals surface area (Å²) in [6, 6.07) is 0. The minimum absolute atomic E-state index is 0.190. The third-order valence-electron chi connectivity index (χ3n) is 2.63. The average Bonchev–Trinajstić information content (AvgIpc) is 1.85. The first-order valence-corrected chi connectivity index (χ1v) is 4.78. The van der Waals surface area contributed by atoms with E-state index in [1.54, 1.807) is 0 Å². The van der Waals surface area contributed by atoms with Crippen molar-refractivity contribution in [1.29, 1.82) is 0 Å². The van der Waals surface area contributed by atoms with Crippen molar-refractivity contribution in [3.63, 3.8) is 0 Å². The SMILES string of the molecule is CC(C)C(=O)C[C@H](C)C(C)(C)C. The Kier molecular flexibility index (Phi) is 3.95. The second-order valence-corrected chi connectivity index (χ2v) is 5.09. The number of hydrogen-bond acceptors (Lipinski definition) is 1. The van der Waals surface area contributed by atoms with Crippen LogP contribution in [0.3, 0.4) is 0 Å². The van der Waals surface area contributed by atoms with Crippen LogP contribution < -0.4 is 0 Å². The fourth-order valence-corrected chi connectivity index (χ4v) is 0.844. The molecule has 0 amide bonds. The average molecular weight is 170 g/mol. The second kappa shape index (κ2) is 4.06. The Morgan fingerprint density at radius 2 is 1.58 bits per heavy atom. The maximum absolute atomic E-state index is 11.4. The highest BCUT2D eigenvalue weighted by atomic mass is 16.1. The molecule has 0 aromatic rings. The lowest BCUT2D eigenvalue weighted by molar-refractivity contribution is -0.123. The molecule has 1 nitrogen and oxygen atoms in total. The van der Waals surface area contributed by atoms with Crippen LogP contribution in [0.25, 0.3) is 0 Å². The minimum Gasteiger partial charge on any atom is -0.299 e. The van der Waals surface area contributed by atoms with E-state index >= 15 is 0 Å². The number of rotatable bonds is 3. The Hall–Kier alpha value is -0.330. The molecule has 0 aromatic carbocycles. The molecule has 72 valence electrons. The van der Waals surface area contributed by atoms with Gasteiger partial charge in [0, 0.05) is 12.3 Å². The maximum atomic E-state index is 11.4. The fraction of sp³-hybridized carbons (Fsp3) is 0.909. The van der Waals surface area contributed by atoms with E-state index in [1.165, 1.54) is 0 Å². The van der Waals surface area contributed by atoms with Gasteiger partial charge in [-0.25, -0.2) is 0 Å². The summed E-state index contributed by atoms with van der Waals surface area (Å²) < 4.78 is 0. The predicted octanol–water partition coefficient (Wildman–Crippen LogP) is 3.28. The lowest BCUT2D eigenvalue weighted by Gasteiger charge is -2.27. The van der Waals surface area contributed by atoms with E-state index in [4.69, 9.17) is 0 Å². The number of carbonyl (C=O) groups is 1. The lowest BCUT2D eigenvalue weighted by Crippen LogP contribution is -2.22. The lowest BCUT2D eigenvalue weighted by atomic mass is 9.78. The van der Waals surface area contributed by atoms with Crippen molar-refractivity contribution in [2.24, 2.45) is 17.3 Å². The third-order valence-corrected chi connectivity index (χ3v) is 2.63. The summed E-state index contributed by atoms with van der Waals surface area (Å²) in [4.78, 5) is 11.4. The Balaban J connectivity index is 4.02. The van der Waals surface area contributed by atoms with Crippen molar-refractivity contribution in [1.82, 2.24) is 0 Å². The van der Waals surface area contributed by atoms with Crippen LogP contribution in [-0.4, -0.2) is 5.78 Å². The van der Waals surface area contributed by atoms with E-state index in [9.17, 15) is 4.79 Å². The zero-order valence-electron chi connectivity index (χ0n) is 9.27. The van der Waals surface area contributed by atoms with Gasteiger partial charge in [-0.1, -0.05) is 41.5 Å². The van der Waals surface area contributed by atoms with Crippen molar-refractivity contribution < 1.29 is 4.79 Å². The van der Waals surface area contributed by atoms with Crippen molar-refractivity contribution in [2.75, 3.05) is 0 Å². The van der Waals surface area contributed by atoms with Gasteiger partial charge in [-0.15, -0.1) is 0 Å². The van der Waals surface area contributed by atoms with Crippen LogP contribution in [0.1, 0.15) is 48.0 Å². The molecule has 1 atom stereocenters. The molecule has 0 heterocycles. The quantitative estimate of drug-likeness (QED) is 0.635. The Morgan fingerprint density at radius 1 is 1.17 bits per heavy atom. The van der Waals surface area contributed by atoms with Gasteiger partial charge in [0.25, 0.3) is 0 Å². The molecule has 0 saturated carbocycles. The third kappa shape index (κ3) is 3.89. The molecule has 0 aromatic heterocycles. The molecule has 0 fully saturated rings. The van der Waals surface area contributed by atoms with E-state index in [0.717, 1.165) is 6.42 Å². The van der Waals surface area contributed by atoms with Crippen LogP contribution in [0.15, 0.2) is 0 Å². The summed E-state index contributed by atoms with van der Waals surface area (Å²) >= 11 is 0. The van der Waals surface area contributed by atoms with Crippen LogP contribution in [0, 0.1) is 17.3 Å². The van der Waals surface area contributed by atoms with Crippen LogP contribution in [-0.2, 0) is 4.79 Å². The topological polar surface area (TPSA) is 17.1 Å². The zero-order valence-corrected chi connectivity index (χ0v) is 9.27. The van der Waals surface area contributed by atoms with E-state index < -0.39 is 0 Å². The molecule has 0 aliphatic carbocycles. The van der Waals surface area contributed by atoms with E-state index in [-0.39, 0.29) is 11.3 Å². The van der Waals surface area contributed by atoms with Gasteiger partial charge >= 0.3 is 0 Å². The maximum Gasteiger partial charge on any atom is 0.135 e. The predicted molar refractivity (Wildman–Crippen MR) is 53.1 cm³/mol. The van der Waals surface area contributed by atoms with Gasteiger partial charge < -0.3 is 0 Å². The molecule has 0 aliphatic rings. The largest absolute Gasteiger partial charge is 0.299 e. The van der Waals surface area contributed by atoms with E-state index in [0.29, 0.717) is 11.7 Å². The smallest absolute Gasteiger partial charge is 0.135 e. The monoisotopic (exact) mass is 170 g/mol. The standard InChI is InChI=1S/C11H22O/c1-8(2)10(12)7-9(3)11(4,5)6/h8-9H,7H2,1-6H3/t9-/m0/s1. The number of hydrogen-bond donors (Lipinski definition) is 0. The van der Waals surface area contributed by atoms with E-state index in [2.05, 4.69) is 27.7 Å². The molecule has 0 aliphatic heterocycles. The van der Waals surface area contributed by atoms with E-state index in [1.807, 2.05) is 13.8 Å². The molecule has 0 unspecified atom stereocenters. The molecule has 1 heteroatoms. The number of carbonyl (C=O) groups excluding carboxylic acids is 1. The van der Waals surface area contributed by atoms with Gasteiger partial charge in [0.2, 0.25) is 0 Å². The highest BCUT2D eigenvalue weighted by molar-refractivity contribution is 5.80. The highest BCUT2D eigenvalue weighted by Crippen LogP contribution is 2.28. The molecule has 0 rings (SSSR count). The molecule has 0 spiro atoms. The molecule has 0 radical (unpaired) electrons. The van der Waals surface area contributed by atoms with Gasteiger partial charge in [0.1, 0.15) is 5.78 Å². The highest BCUT2D eigenvalue weighted by Gasteiger charge is 2.23. The first-order chi connectivity index (χ1) is 5.25. The first-order valence-electron chi connectivity index (χ1n) is 4.78. The van der Waals surface area contributed by atoms with Gasteiger partial charge in [-0.2, -0.15) is 0 Å². The first kappa shape index (κ1) is 11.7. The fourth-order valence-electron chi connectivity index (χ4n) is 0.844. The van der Waals surface area contributed by atoms with Crippen molar-refractivity contribution in [3.8, 4) is 0 Å². The summed E-state index contributed by atoms with van der Waals surface area (Å²) in [5.41, 5.74) is 0.255. The van der Waals surface area contributed by atoms with Crippen LogP contribution in [0.5, 0.6) is 0 Å². The molecular weight excluding hydrogens is 148 g/mol. The van der Waals surface area contributed by atoms with Gasteiger partial charge in [-0.3, -0.25) is 4.79 Å². The molecule has 0 bridgehead atoms. The summed E-state index contributed by atoms with van der Waals surface area (Å²) in [6.45, 7) is 12.7. The van der Waals surface area contributed by atoms with Crippen LogP contribution >= 0.6 is 0 Å². The Morgan fingerprint density at radius 3 is 1.83 bits per heavy atom. The molecular formula is C11H22O. The number of Topliss-reactive ketones (excluding diaryl/α,β-unsaturated/α-hetero) is 1. The molecule has 0 N–H and O–H groups in total. The van der Waals surface area contributed by atoms with Crippen molar-refractivity contribution >= 4 is 5.78 Å². The van der Waals surface area contributed by atoms with Crippen LogP contribution in [0.2, 0.25) is 0 Å². The Labute approximate surface area is 76.6 Å². The van der Waals surface area contributed by atoms with Crippen molar-refractivity contribution in [3.05, 3.63) is 0 Å². The summed E-state index contributed by atoms with van der Waals surface area (Å²) in [6.07, 6.45) is 0.723. The Bertz CT molecular complexity index is 151. The zero-order chi connectivity index (χ0) is 9.94. The van der Waals surface area contributed by atoms with Gasteiger partial charge in [-0.05, 0) is 11.3 Å². The van der Waals surface area contributed by atoms with Gasteiger partial charge in [0.05, 0.1) is 0 Å².